The number of azide groups is 1. The van der Waals surface area contributed by atoms with Crippen LogP contribution < -0.4 is 0 Å². The number of carbonyl (C=O) groups is 2. The molecule has 1 aromatic rings. The molecule has 0 radical (unpaired) electrons. The molecule has 2 atom stereocenters. The second-order valence-electron chi connectivity index (χ2n) is 6.47. The van der Waals surface area contributed by atoms with Crippen molar-refractivity contribution in [2.45, 2.75) is 49.7 Å². The lowest BCUT2D eigenvalue weighted by atomic mass is 9.97. The van der Waals surface area contributed by atoms with Crippen molar-refractivity contribution in [2.75, 3.05) is 6.54 Å². The van der Waals surface area contributed by atoms with E-state index < -0.39 is 15.1 Å². The van der Waals surface area contributed by atoms with Gasteiger partial charge in [-0.15, -0.1) is 0 Å². The monoisotopic (exact) mass is 391 g/mol. The van der Waals surface area contributed by atoms with E-state index in [1.165, 1.54) is 25.1 Å². The third kappa shape index (κ3) is 7.76. The van der Waals surface area contributed by atoms with Gasteiger partial charge in [0.25, 0.3) is 0 Å². The predicted molar refractivity (Wildman–Crippen MR) is 104 cm³/mol. The standard InChI is InChI=1S/C19H25N3O4S/c1-15(8-6-9-16(2)23)14-18(24)19(12-7-13-21-22-20)27(25,26)17-10-4-3-5-11-17/h3-6,9-11,15,19H,7-8,12-14H2,1-2H3/b9-6+/t15-,19?/m1/s1. The minimum atomic E-state index is -3.82. The average Bonchev–Trinajstić information content (AvgIpc) is 2.61. The molecule has 0 aliphatic rings. The van der Waals surface area contributed by atoms with Gasteiger partial charge in [0.2, 0.25) is 0 Å². The van der Waals surface area contributed by atoms with E-state index in [1.807, 2.05) is 6.92 Å². The van der Waals surface area contributed by atoms with Crippen molar-refractivity contribution in [3.63, 3.8) is 0 Å². The lowest BCUT2D eigenvalue weighted by Gasteiger charge is -2.18. The lowest BCUT2D eigenvalue weighted by Crippen LogP contribution is -2.32. The molecule has 146 valence electrons. The number of Topliss-reactive ketones (excluding diaryl/α,β-unsaturated/α-hetero) is 1. The fraction of sp³-hybridized carbons (Fsp3) is 0.474. The zero-order valence-electron chi connectivity index (χ0n) is 15.6. The fourth-order valence-electron chi connectivity index (χ4n) is 2.68. The fourth-order valence-corrected chi connectivity index (χ4v) is 4.46. The van der Waals surface area contributed by atoms with Crippen LogP contribution >= 0.6 is 0 Å². The maximum atomic E-state index is 12.9. The highest BCUT2D eigenvalue weighted by Gasteiger charge is 2.33. The summed E-state index contributed by atoms with van der Waals surface area (Å²) >= 11 is 0. The van der Waals surface area contributed by atoms with Crippen molar-refractivity contribution < 1.29 is 18.0 Å². The van der Waals surface area contributed by atoms with Crippen LogP contribution in [-0.4, -0.2) is 31.8 Å². The summed E-state index contributed by atoms with van der Waals surface area (Å²) in [6, 6.07) is 7.89. The molecule has 0 aliphatic carbocycles. The van der Waals surface area contributed by atoms with Gasteiger partial charge in [0.1, 0.15) is 5.25 Å². The number of hydrogen-bond acceptors (Lipinski definition) is 5. The van der Waals surface area contributed by atoms with Gasteiger partial charge in [-0.25, -0.2) is 8.42 Å². The number of sulfone groups is 1. The molecule has 0 heterocycles. The molecule has 1 aromatic carbocycles. The molecule has 0 aromatic heterocycles. The Morgan fingerprint density at radius 2 is 1.93 bits per heavy atom. The van der Waals surface area contributed by atoms with E-state index in [4.69, 9.17) is 5.53 Å². The minimum Gasteiger partial charge on any atom is -0.298 e. The SMILES string of the molecule is CC(=O)/C=C/C[C@@H](C)CC(=O)C(CCCN=[N+]=[N-])S(=O)(=O)c1ccccc1. The Hall–Kier alpha value is -2.44. The summed E-state index contributed by atoms with van der Waals surface area (Å²) in [7, 11) is -3.82. The summed E-state index contributed by atoms with van der Waals surface area (Å²) in [5.41, 5.74) is 8.36. The first-order chi connectivity index (χ1) is 12.8. The van der Waals surface area contributed by atoms with Gasteiger partial charge in [-0.05, 0) is 55.8 Å². The third-order valence-corrected chi connectivity index (χ3v) is 6.21. The van der Waals surface area contributed by atoms with Crippen molar-refractivity contribution in [1.29, 1.82) is 0 Å². The van der Waals surface area contributed by atoms with Crippen molar-refractivity contribution in [3.8, 4) is 0 Å². The van der Waals surface area contributed by atoms with Gasteiger partial charge >= 0.3 is 0 Å². The van der Waals surface area contributed by atoms with Gasteiger partial charge < -0.3 is 0 Å². The smallest absolute Gasteiger partial charge is 0.188 e. The first-order valence-corrected chi connectivity index (χ1v) is 10.3. The van der Waals surface area contributed by atoms with E-state index in [0.29, 0.717) is 12.8 Å². The predicted octanol–water partition coefficient (Wildman–Crippen LogP) is 4.05. The van der Waals surface area contributed by atoms with E-state index >= 15 is 0 Å². The topological polar surface area (TPSA) is 117 Å². The summed E-state index contributed by atoms with van der Waals surface area (Å²) in [5, 5.41) is 2.24. The first kappa shape index (κ1) is 22.6. The molecule has 0 saturated heterocycles. The Labute approximate surface area is 160 Å². The number of ketones is 2. The molecule has 0 N–H and O–H groups in total. The maximum Gasteiger partial charge on any atom is 0.188 e. The van der Waals surface area contributed by atoms with E-state index in [-0.39, 0.29) is 41.8 Å². The molecule has 0 fully saturated rings. The van der Waals surface area contributed by atoms with E-state index in [0.717, 1.165) is 0 Å². The summed E-state index contributed by atoms with van der Waals surface area (Å²) < 4.78 is 25.9. The lowest BCUT2D eigenvalue weighted by molar-refractivity contribution is -0.119. The number of allylic oxidation sites excluding steroid dienone is 2. The van der Waals surface area contributed by atoms with Gasteiger partial charge in [0.05, 0.1) is 4.90 Å². The second kappa shape index (κ2) is 11.3. The number of carbonyl (C=O) groups excluding carboxylic acids is 2. The van der Waals surface area contributed by atoms with Crippen LogP contribution in [0, 0.1) is 5.92 Å². The normalized spacial score (nSPS) is 13.7. The van der Waals surface area contributed by atoms with Crippen LogP contribution in [0.15, 0.2) is 52.5 Å². The molecule has 0 saturated carbocycles. The maximum absolute atomic E-state index is 12.9. The van der Waals surface area contributed by atoms with Crippen LogP contribution in [0.2, 0.25) is 0 Å². The molecule has 1 rings (SSSR count). The summed E-state index contributed by atoms with van der Waals surface area (Å²) in [4.78, 5) is 26.5. The third-order valence-electron chi connectivity index (χ3n) is 4.03. The van der Waals surface area contributed by atoms with E-state index in [2.05, 4.69) is 10.0 Å². The number of hydrogen-bond donors (Lipinski definition) is 0. The van der Waals surface area contributed by atoms with Crippen molar-refractivity contribution in [3.05, 3.63) is 52.9 Å². The highest BCUT2D eigenvalue weighted by Crippen LogP contribution is 2.23. The molecule has 0 spiro atoms. The van der Waals surface area contributed by atoms with Gasteiger partial charge in [0.15, 0.2) is 21.4 Å². The van der Waals surface area contributed by atoms with Crippen LogP contribution in [0.3, 0.4) is 0 Å². The van der Waals surface area contributed by atoms with Gasteiger partial charge in [-0.1, -0.05) is 36.3 Å². The Bertz CT molecular complexity index is 813. The number of nitrogens with zero attached hydrogens (tertiary/aromatic N) is 3. The molecule has 7 nitrogen and oxygen atoms in total. The van der Waals surface area contributed by atoms with Crippen LogP contribution in [0.4, 0.5) is 0 Å². The Balaban J connectivity index is 2.94. The Morgan fingerprint density at radius 3 is 2.52 bits per heavy atom. The molecule has 27 heavy (non-hydrogen) atoms. The number of rotatable bonds is 12. The van der Waals surface area contributed by atoms with Crippen LogP contribution in [0.1, 0.15) is 39.5 Å². The molecule has 0 aliphatic heterocycles. The molecular weight excluding hydrogens is 366 g/mol. The molecule has 1 unspecified atom stereocenters. The zero-order valence-corrected chi connectivity index (χ0v) is 16.4. The van der Waals surface area contributed by atoms with E-state index in [9.17, 15) is 18.0 Å². The summed E-state index contributed by atoms with van der Waals surface area (Å²) in [6.07, 6.45) is 4.17. The van der Waals surface area contributed by atoms with Crippen molar-refractivity contribution in [1.82, 2.24) is 0 Å². The highest BCUT2D eigenvalue weighted by molar-refractivity contribution is 7.92. The van der Waals surface area contributed by atoms with Crippen LogP contribution in [0.5, 0.6) is 0 Å². The highest BCUT2D eigenvalue weighted by atomic mass is 32.2. The number of benzene rings is 1. The Morgan fingerprint density at radius 1 is 1.26 bits per heavy atom. The van der Waals surface area contributed by atoms with Gasteiger partial charge in [0, 0.05) is 17.9 Å². The average molecular weight is 391 g/mol. The molecule has 8 heteroatoms. The van der Waals surface area contributed by atoms with Crippen LogP contribution in [0.25, 0.3) is 10.4 Å². The minimum absolute atomic E-state index is 0.0731. The first-order valence-electron chi connectivity index (χ1n) is 8.78. The summed E-state index contributed by atoms with van der Waals surface area (Å²) in [5.74, 6) is -0.515. The van der Waals surface area contributed by atoms with E-state index in [1.54, 1.807) is 24.3 Å². The molecular formula is C19H25N3O4S. The molecule has 0 amide bonds. The van der Waals surface area contributed by atoms with Crippen LogP contribution in [-0.2, 0) is 19.4 Å². The summed E-state index contributed by atoms with van der Waals surface area (Å²) in [6.45, 7) is 3.43. The quantitative estimate of drug-likeness (QED) is 0.176. The second-order valence-corrected chi connectivity index (χ2v) is 8.60. The van der Waals surface area contributed by atoms with Crippen molar-refractivity contribution >= 4 is 21.4 Å². The zero-order chi connectivity index (χ0) is 20.3. The van der Waals surface area contributed by atoms with Gasteiger partial charge in [-0.2, -0.15) is 0 Å². The Kier molecular flexibility index (Phi) is 9.47. The van der Waals surface area contributed by atoms with Gasteiger partial charge in [-0.3, -0.25) is 9.59 Å². The molecule has 0 bridgehead atoms. The van der Waals surface area contributed by atoms with Crippen molar-refractivity contribution in [2.24, 2.45) is 11.0 Å². The largest absolute Gasteiger partial charge is 0.298 e.